The van der Waals surface area contributed by atoms with Crippen molar-refractivity contribution in [1.29, 1.82) is 0 Å². The minimum absolute atomic E-state index is 0.156. The topological polar surface area (TPSA) is 127 Å². The van der Waals surface area contributed by atoms with Crippen LogP contribution in [-0.2, 0) is 9.53 Å². The maximum Gasteiger partial charge on any atom is 0.333 e. The molecule has 120 valence electrons. The highest BCUT2D eigenvalue weighted by atomic mass is 16.5. The van der Waals surface area contributed by atoms with Crippen LogP contribution in [0.5, 0.6) is 0 Å². The molecule has 0 saturated carbocycles. The van der Waals surface area contributed by atoms with Gasteiger partial charge in [0, 0.05) is 11.0 Å². The Hall–Kier alpha value is -0.990. The number of ether oxygens (including phenoxy) is 1. The summed E-state index contributed by atoms with van der Waals surface area (Å²) in [6.07, 6.45) is -0.408. The van der Waals surface area contributed by atoms with Crippen LogP contribution in [0.3, 0.4) is 0 Å². The van der Waals surface area contributed by atoms with E-state index in [0.29, 0.717) is 6.42 Å². The number of carbonyl (C=O) groups excluding carboxylic acids is 1. The number of hydrogen-bond acceptors (Lipinski definition) is 7. The van der Waals surface area contributed by atoms with Crippen molar-refractivity contribution in [1.82, 2.24) is 0 Å². The van der Waals surface area contributed by atoms with Gasteiger partial charge < -0.3 is 30.3 Å². The molecule has 1 atom stereocenters. The second kappa shape index (κ2) is 11.8. The van der Waals surface area contributed by atoms with Crippen molar-refractivity contribution < 1.29 is 35.1 Å². The molecule has 0 radical (unpaired) electrons. The first-order valence-electron chi connectivity index (χ1n) is 6.26. The molecule has 0 rings (SSSR count). The molecular formula is C13H26O7. The molecular weight excluding hydrogens is 268 g/mol. The molecule has 1 unspecified atom stereocenters. The Morgan fingerprint density at radius 2 is 1.65 bits per heavy atom. The fourth-order valence-corrected chi connectivity index (χ4v) is 0.833. The zero-order valence-electron chi connectivity index (χ0n) is 12.1. The van der Waals surface area contributed by atoms with Gasteiger partial charge in [-0.3, -0.25) is 0 Å². The molecule has 0 aliphatic carbocycles. The van der Waals surface area contributed by atoms with Crippen LogP contribution in [0.25, 0.3) is 0 Å². The van der Waals surface area contributed by atoms with Gasteiger partial charge >= 0.3 is 5.97 Å². The van der Waals surface area contributed by atoms with Crippen LogP contribution in [0.1, 0.15) is 20.3 Å². The van der Waals surface area contributed by atoms with Gasteiger partial charge in [0.1, 0.15) is 12.7 Å². The maximum absolute atomic E-state index is 10.6. The summed E-state index contributed by atoms with van der Waals surface area (Å²) in [5.74, 6) is -0.558. The molecule has 0 aromatic carbocycles. The van der Waals surface area contributed by atoms with Crippen LogP contribution >= 0.6 is 0 Å². The van der Waals surface area contributed by atoms with Gasteiger partial charge in [-0.1, -0.05) is 13.5 Å². The lowest BCUT2D eigenvalue weighted by molar-refractivity contribution is -0.142. The summed E-state index contributed by atoms with van der Waals surface area (Å²) in [6, 6.07) is 0. The number of aliphatic hydroxyl groups is 5. The molecule has 5 N–H and O–H groups in total. The molecule has 0 bridgehead atoms. The molecule has 0 heterocycles. The molecule has 20 heavy (non-hydrogen) atoms. The van der Waals surface area contributed by atoms with Crippen LogP contribution in [0.2, 0.25) is 0 Å². The van der Waals surface area contributed by atoms with Crippen molar-refractivity contribution in [2.24, 2.45) is 5.41 Å². The molecule has 7 heteroatoms. The molecule has 0 aromatic rings. The molecule has 0 fully saturated rings. The van der Waals surface area contributed by atoms with Crippen LogP contribution in [0, 0.1) is 5.41 Å². The van der Waals surface area contributed by atoms with Gasteiger partial charge in [-0.2, -0.15) is 0 Å². The van der Waals surface area contributed by atoms with Crippen molar-refractivity contribution in [3.63, 3.8) is 0 Å². The zero-order chi connectivity index (χ0) is 16.2. The minimum atomic E-state index is -1.00. The lowest BCUT2D eigenvalue weighted by Crippen LogP contribution is -2.32. The highest BCUT2D eigenvalue weighted by Gasteiger charge is 2.24. The number of carbonyl (C=O) groups is 1. The number of hydrogen-bond donors (Lipinski definition) is 5. The van der Waals surface area contributed by atoms with Crippen LogP contribution in [0.15, 0.2) is 12.2 Å². The van der Waals surface area contributed by atoms with E-state index in [-0.39, 0.29) is 32.0 Å². The molecule has 0 spiro atoms. The highest BCUT2D eigenvalue weighted by Crippen LogP contribution is 2.18. The van der Waals surface area contributed by atoms with Gasteiger partial charge in [-0.15, -0.1) is 0 Å². The van der Waals surface area contributed by atoms with E-state index in [2.05, 4.69) is 11.3 Å². The Morgan fingerprint density at radius 1 is 1.20 bits per heavy atom. The third-order valence-corrected chi connectivity index (χ3v) is 2.72. The fourth-order valence-electron chi connectivity index (χ4n) is 0.833. The minimum Gasteiger partial charge on any atom is -0.460 e. The van der Waals surface area contributed by atoms with Crippen molar-refractivity contribution >= 4 is 5.97 Å². The van der Waals surface area contributed by atoms with E-state index in [0.717, 1.165) is 0 Å². The van der Waals surface area contributed by atoms with Crippen LogP contribution in [-0.4, -0.2) is 70.6 Å². The predicted molar refractivity (Wildman–Crippen MR) is 72.8 cm³/mol. The molecule has 0 saturated heterocycles. The molecule has 0 aliphatic rings. The Bertz CT molecular complexity index is 256. The normalized spacial score (nSPS) is 12.2. The van der Waals surface area contributed by atoms with E-state index in [1.807, 2.05) is 6.92 Å². The van der Waals surface area contributed by atoms with Gasteiger partial charge in [0.2, 0.25) is 0 Å². The van der Waals surface area contributed by atoms with Crippen molar-refractivity contribution in [3.8, 4) is 0 Å². The van der Waals surface area contributed by atoms with E-state index in [1.165, 1.54) is 6.92 Å². The SMILES string of the molecule is C=C(C)C(=O)OCC(O)CO.CCC(CO)(CO)CO. The van der Waals surface area contributed by atoms with Gasteiger partial charge in [-0.25, -0.2) is 4.79 Å². The summed E-state index contributed by atoms with van der Waals surface area (Å²) >= 11 is 0. The Kier molecular flexibility index (Phi) is 12.6. The van der Waals surface area contributed by atoms with Crippen LogP contribution in [0.4, 0.5) is 0 Å². The highest BCUT2D eigenvalue weighted by molar-refractivity contribution is 5.86. The van der Waals surface area contributed by atoms with E-state index in [9.17, 15) is 4.79 Å². The summed E-state index contributed by atoms with van der Waals surface area (Å²) in [5.41, 5.74) is -0.393. The average molecular weight is 294 g/mol. The Morgan fingerprint density at radius 3 is 1.85 bits per heavy atom. The van der Waals surface area contributed by atoms with E-state index in [1.54, 1.807) is 0 Å². The summed E-state index contributed by atoms with van der Waals surface area (Å²) < 4.78 is 4.51. The van der Waals surface area contributed by atoms with E-state index >= 15 is 0 Å². The fraction of sp³-hybridized carbons (Fsp3) is 0.769. The lowest BCUT2D eigenvalue weighted by Gasteiger charge is -2.24. The van der Waals surface area contributed by atoms with Crippen LogP contribution < -0.4 is 0 Å². The van der Waals surface area contributed by atoms with Gasteiger partial charge in [-0.05, 0) is 13.3 Å². The van der Waals surface area contributed by atoms with Crippen molar-refractivity contribution in [2.45, 2.75) is 26.4 Å². The Balaban J connectivity index is 0. The molecule has 0 aliphatic heterocycles. The predicted octanol–water partition coefficient (Wildman–Crippen LogP) is -1.18. The molecule has 0 amide bonds. The summed E-state index contributed by atoms with van der Waals surface area (Å²) in [5, 5.41) is 43.0. The van der Waals surface area contributed by atoms with Crippen molar-refractivity contribution in [2.75, 3.05) is 33.0 Å². The molecule has 0 aromatic heterocycles. The van der Waals surface area contributed by atoms with Gasteiger partial charge in [0.05, 0.1) is 26.4 Å². The van der Waals surface area contributed by atoms with Gasteiger partial charge in [0.15, 0.2) is 0 Å². The standard InChI is InChI=1S/C7H12O4.C6H14O3/c1-5(2)7(10)11-4-6(9)3-8;1-2-6(3-7,4-8)5-9/h6,8-9H,1,3-4H2,2H3;7-9H,2-5H2,1H3. The largest absolute Gasteiger partial charge is 0.460 e. The lowest BCUT2D eigenvalue weighted by atomic mass is 9.88. The second-order valence-corrected chi connectivity index (χ2v) is 4.54. The second-order valence-electron chi connectivity index (χ2n) is 4.54. The summed E-state index contributed by atoms with van der Waals surface area (Å²) in [6.45, 7) is 5.60. The summed E-state index contributed by atoms with van der Waals surface area (Å²) in [7, 11) is 0. The van der Waals surface area contributed by atoms with Crippen molar-refractivity contribution in [3.05, 3.63) is 12.2 Å². The third kappa shape index (κ3) is 9.00. The average Bonchev–Trinajstić information content (AvgIpc) is 2.47. The zero-order valence-corrected chi connectivity index (χ0v) is 12.1. The van der Waals surface area contributed by atoms with E-state index in [4.69, 9.17) is 25.5 Å². The number of esters is 1. The number of aliphatic hydroxyl groups excluding tert-OH is 5. The first-order chi connectivity index (χ1) is 9.32. The third-order valence-electron chi connectivity index (χ3n) is 2.72. The first kappa shape index (κ1) is 21.3. The van der Waals surface area contributed by atoms with E-state index < -0.39 is 24.1 Å². The first-order valence-corrected chi connectivity index (χ1v) is 6.26. The number of rotatable bonds is 8. The maximum atomic E-state index is 10.6. The summed E-state index contributed by atoms with van der Waals surface area (Å²) in [4.78, 5) is 10.6. The monoisotopic (exact) mass is 294 g/mol. The smallest absolute Gasteiger partial charge is 0.333 e. The van der Waals surface area contributed by atoms with Gasteiger partial charge in [0.25, 0.3) is 0 Å². The Labute approximate surface area is 119 Å². The molecule has 7 nitrogen and oxygen atoms in total. The quantitative estimate of drug-likeness (QED) is 0.281.